The fourth-order valence-corrected chi connectivity index (χ4v) is 2.99. The highest BCUT2D eigenvalue weighted by atomic mass is 16.5. The highest BCUT2D eigenvalue weighted by molar-refractivity contribution is 6.02. The summed E-state index contributed by atoms with van der Waals surface area (Å²) in [5, 5.41) is 11.0. The van der Waals surface area contributed by atoms with Crippen LogP contribution in [0.4, 0.5) is 11.4 Å². The summed E-state index contributed by atoms with van der Waals surface area (Å²) in [6.45, 7) is 3.40. The highest BCUT2D eigenvalue weighted by Gasteiger charge is 2.11. The molecule has 1 fully saturated rings. The summed E-state index contributed by atoms with van der Waals surface area (Å²) < 4.78 is 5.38. The minimum Gasteiger partial charge on any atom is -0.494 e. The van der Waals surface area contributed by atoms with Crippen LogP contribution in [0.1, 0.15) is 5.56 Å². The van der Waals surface area contributed by atoms with Gasteiger partial charge in [0.1, 0.15) is 0 Å². The number of fused-ring (bicyclic) bond motifs is 1. The zero-order valence-corrected chi connectivity index (χ0v) is 13.3. The van der Waals surface area contributed by atoms with Crippen LogP contribution in [0.2, 0.25) is 0 Å². The van der Waals surface area contributed by atoms with Crippen LogP contribution in [-0.2, 0) is 4.74 Å². The van der Waals surface area contributed by atoms with E-state index in [0.29, 0.717) is 5.56 Å². The Hall–Kier alpha value is -2.79. The Bertz CT molecular complexity index is 862. The molecule has 2 N–H and O–H groups in total. The number of nitrogens with one attached hydrogen (secondary N) is 1. The number of ether oxygens (including phenoxy) is 1. The van der Waals surface area contributed by atoms with Gasteiger partial charge < -0.3 is 19.7 Å². The summed E-state index contributed by atoms with van der Waals surface area (Å²) in [5.74, 6) is 0.143. The first-order chi connectivity index (χ1) is 11.8. The number of aromatic amines is 1. The number of nitrogens with zero attached hydrogens (tertiary/aromatic N) is 2. The van der Waals surface area contributed by atoms with Gasteiger partial charge in [-0.15, -0.1) is 0 Å². The second kappa shape index (κ2) is 6.37. The number of para-hydroxylation sites is 1. The first kappa shape index (κ1) is 14.8. The fraction of sp³-hybridized carbons (Fsp3) is 0.211. The SMILES string of the molecule is Oc1[nH]c2ccccc2c1C=Nc1ccc(N2CCOCC2)cc1. The Morgan fingerprint density at radius 3 is 2.58 bits per heavy atom. The lowest BCUT2D eigenvalue weighted by Gasteiger charge is -2.28. The van der Waals surface area contributed by atoms with Crippen molar-refractivity contribution in [1.82, 2.24) is 4.98 Å². The summed E-state index contributed by atoms with van der Waals surface area (Å²) in [6, 6.07) is 15.9. The van der Waals surface area contributed by atoms with Gasteiger partial charge in [0, 0.05) is 35.9 Å². The minimum absolute atomic E-state index is 0.143. The molecule has 2 heterocycles. The van der Waals surface area contributed by atoms with E-state index < -0.39 is 0 Å². The first-order valence-corrected chi connectivity index (χ1v) is 8.08. The number of aromatic nitrogens is 1. The van der Waals surface area contributed by atoms with Crippen molar-refractivity contribution >= 4 is 28.5 Å². The third-order valence-electron chi connectivity index (χ3n) is 4.29. The quantitative estimate of drug-likeness (QED) is 0.726. The Morgan fingerprint density at radius 1 is 1.04 bits per heavy atom. The fourth-order valence-electron chi connectivity index (χ4n) is 2.99. The van der Waals surface area contributed by atoms with Gasteiger partial charge in [0.25, 0.3) is 0 Å². The zero-order valence-electron chi connectivity index (χ0n) is 13.3. The van der Waals surface area contributed by atoms with Crippen LogP contribution in [0.15, 0.2) is 53.5 Å². The summed E-state index contributed by atoms with van der Waals surface area (Å²) >= 11 is 0. The molecule has 3 aromatic rings. The number of hydrogen-bond acceptors (Lipinski definition) is 4. The van der Waals surface area contributed by atoms with E-state index in [2.05, 4.69) is 27.0 Å². The molecule has 1 aliphatic heterocycles. The third kappa shape index (κ3) is 2.86. The summed E-state index contributed by atoms with van der Waals surface area (Å²) in [6.07, 6.45) is 1.71. The van der Waals surface area contributed by atoms with Crippen LogP contribution in [0.25, 0.3) is 10.9 Å². The number of aliphatic imine (C=N–C) groups is 1. The van der Waals surface area contributed by atoms with Gasteiger partial charge in [0.2, 0.25) is 0 Å². The number of anilines is 1. The molecule has 24 heavy (non-hydrogen) atoms. The van der Waals surface area contributed by atoms with Crippen molar-refractivity contribution in [3.8, 4) is 5.88 Å². The van der Waals surface area contributed by atoms with Crippen LogP contribution in [0, 0.1) is 0 Å². The second-order valence-electron chi connectivity index (χ2n) is 5.81. The molecular weight excluding hydrogens is 302 g/mol. The van der Waals surface area contributed by atoms with Gasteiger partial charge in [-0.2, -0.15) is 0 Å². The van der Waals surface area contributed by atoms with Crippen molar-refractivity contribution in [2.45, 2.75) is 0 Å². The van der Waals surface area contributed by atoms with Gasteiger partial charge in [0.05, 0.1) is 24.5 Å². The van der Waals surface area contributed by atoms with E-state index in [1.807, 2.05) is 36.4 Å². The summed E-state index contributed by atoms with van der Waals surface area (Å²) in [7, 11) is 0. The first-order valence-electron chi connectivity index (χ1n) is 8.08. The van der Waals surface area contributed by atoms with Crippen molar-refractivity contribution in [2.75, 3.05) is 31.2 Å². The molecule has 0 radical (unpaired) electrons. The Balaban J connectivity index is 1.56. The number of benzene rings is 2. The summed E-state index contributed by atoms with van der Waals surface area (Å²) in [5.41, 5.74) is 3.66. The van der Waals surface area contributed by atoms with E-state index in [0.717, 1.165) is 42.9 Å². The molecule has 1 aliphatic rings. The Kier molecular flexibility index (Phi) is 3.92. The number of aromatic hydroxyl groups is 1. The van der Waals surface area contributed by atoms with E-state index in [-0.39, 0.29) is 5.88 Å². The average Bonchev–Trinajstić information content (AvgIpc) is 2.96. The Labute approximate surface area is 140 Å². The topological polar surface area (TPSA) is 60.8 Å². The average molecular weight is 321 g/mol. The third-order valence-corrected chi connectivity index (χ3v) is 4.29. The van der Waals surface area contributed by atoms with Crippen LogP contribution in [-0.4, -0.2) is 42.6 Å². The lowest BCUT2D eigenvalue weighted by molar-refractivity contribution is 0.122. The Morgan fingerprint density at radius 2 is 1.79 bits per heavy atom. The van der Waals surface area contributed by atoms with Crippen LogP contribution in [0.5, 0.6) is 5.88 Å². The zero-order chi connectivity index (χ0) is 16.4. The molecule has 122 valence electrons. The lowest BCUT2D eigenvalue weighted by Crippen LogP contribution is -2.36. The molecule has 0 amide bonds. The number of hydrogen-bond donors (Lipinski definition) is 2. The molecule has 1 saturated heterocycles. The van der Waals surface area contributed by atoms with E-state index in [1.54, 1.807) is 6.21 Å². The molecular formula is C19H19N3O2. The van der Waals surface area contributed by atoms with E-state index in [4.69, 9.17) is 4.74 Å². The van der Waals surface area contributed by atoms with Crippen molar-refractivity contribution < 1.29 is 9.84 Å². The highest BCUT2D eigenvalue weighted by Crippen LogP contribution is 2.26. The lowest BCUT2D eigenvalue weighted by atomic mass is 10.2. The predicted molar refractivity (Wildman–Crippen MR) is 96.7 cm³/mol. The second-order valence-corrected chi connectivity index (χ2v) is 5.81. The van der Waals surface area contributed by atoms with Gasteiger partial charge in [-0.05, 0) is 30.3 Å². The standard InChI is InChI=1S/C19H19N3O2/c23-19-17(16-3-1-2-4-18(16)21-19)13-20-14-5-7-15(8-6-14)22-9-11-24-12-10-22/h1-8,13,21,23H,9-12H2. The van der Waals surface area contributed by atoms with Crippen molar-refractivity contribution in [3.05, 3.63) is 54.1 Å². The maximum atomic E-state index is 10.1. The molecule has 5 heteroatoms. The molecule has 4 rings (SSSR count). The van der Waals surface area contributed by atoms with Gasteiger partial charge in [-0.3, -0.25) is 4.99 Å². The van der Waals surface area contributed by atoms with Gasteiger partial charge in [-0.25, -0.2) is 0 Å². The van der Waals surface area contributed by atoms with E-state index in [1.165, 1.54) is 5.69 Å². The van der Waals surface area contributed by atoms with Crippen molar-refractivity contribution in [1.29, 1.82) is 0 Å². The van der Waals surface area contributed by atoms with Crippen LogP contribution in [0.3, 0.4) is 0 Å². The maximum absolute atomic E-state index is 10.1. The van der Waals surface area contributed by atoms with Gasteiger partial charge >= 0.3 is 0 Å². The molecule has 0 bridgehead atoms. The van der Waals surface area contributed by atoms with Crippen LogP contribution >= 0.6 is 0 Å². The molecule has 0 spiro atoms. The van der Waals surface area contributed by atoms with Gasteiger partial charge in [0.15, 0.2) is 5.88 Å². The van der Waals surface area contributed by atoms with Crippen LogP contribution < -0.4 is 4.90 Å². The smallest absolute Gasteiger partial charge is 0.198 e. The maximum Gasteiger partial charge on any atom is 0.198 e. The van der Waals surface area contributed by atoms with Crippen molar-refractivity contribution in [2.24, 2.45) is 4.99 Å². The molecule has 0 atom stereocenters. The number of morpholine rings is 1. The van der Waals surface area contributed by atoms with Gasteiger partial charge in [-0.1, -0.05) is 18.2 Å². The monoisotopic (exact) mass is 321 g/mol. The number of rotatable bonds is 3. The number of H-pyrrole nitrogens is 1. The molecule has 0 saturated carbocycles. The predicted octanol–water partition coefficient (Wildman–Crippen LogP) is 3.46. The molecule has 0 unspecified atom stereocenters. The minimum atomic E-state index is 0.143. The van der Waals surface area contributed by atoms with Crippen molar-refractivity contribution in [3.63, 3.8) is 0 Å². The van der Waals surface area contributed by atoms with E-state index in [9.17, 15) is 5.11 Å². The van der Waals surface area contributed by atoms with E-state index >= 15 is 0 Å². The largest absolute Gasteiger partial charge is 0.494 e. The normalized spacial score (nSPS) is 15.4. The molecule has 0 aliphatic carbocycles. The molecule has 2 aromatic carbocycles. The summed E-state index contributed by atoms with van der Waals surface area (Å²) in [4.78, 5) is 9.77. The molecule has 1 aromatic heterocycles. The molecule has 5 nitrogen and oxygen atoms in total.